The molecule has 0 aliphatic carbocycles. The molecule has 1 amide bonds. The van der Waals surface area contributed by atoms with Crippen LogP contribution < -0.4 is 4.90 Å². The fourth-order valence-electron chi connectivity index (χ4n) is 3.36. The molecule has 2 aromatic carbocycles. The van der Waals surface area contributed by atoms with E-state index in [1.54, 1.807) is 46.3 Å². The monoisotopic (exact) mass is 465 g/mol. The van der Waals surface area contributed by atoms with E-state index < -0.39 is 0 Å². The highest BCUT2D eigenvalue weighted by Crippen LogP contribution is 2.34. The number of nitrogens with zero attached hydrogens (tertiary/aromatic N) is 3. The van der Waals surface area contributed by atoms with E-state index in [0.29, 0.717) is 18.1 Å². The number of hydrogen-bond donors (Lipinski definition) is 0. The Morgan fingerprint density at radius 1 is 1.06 bits per heavy atom. The van der Waals surface area contributed by atoms with Crippen molar-refractivity contribution in [2.45, 2.75) is 38.1 Å². The first kappa shape index (κ1) is 22.4. The Labute approximate surface area is 195 Å². The van der Waals surface area contributed by atoms with Crippen LogP contribution >= 0.6 is 23.1 Å². The molecule has 2 heterocycles. The van der Waals surface area contributed by atoms with Crippen molar-refractivity contribution in [1.29, 1.82) is 0 Å². The first-order valence-electron chi connectivity index (χ1n) is 10.5. The first-order valence-corrected chi connectivity index (χ1v) is 12.3. The Balaban J connectivity index is 1.50. The van der Waals surface area contributed by atoms with E-state index in [0.717, 1.165) is 44.1 Å². The van der Waals surface area contributed by atoms with Crippen LogP contribution in [0, 0.1) is 19.7 Å². The number of pyridine rings is 1. The number of carbonyl (C=O) groups is 1. The minimum absolute atomic E-state index is 0.0321. The van der Waals surface area contributed by atoms with E-state index in [-0.39, 0.29) is 11.7 Å². The highest BCUT2D eigenvalue weighted by Gasteiger charge is 2.21. The molecule has 2 aromatic heterocycles. The Morgan fingerprint density at radius 3 is 2.56 bits per heavy atom. The highest BCUT2D eigenvalue weighted by molar-refractivity contribution is 7.99. The van der Waals surface area contributed by atoms with Gasteiger partial charge in [0.05, 0.1) is 22.5 Å². The van der Waals surface area contributed by atoms with Gasteiger partial charge >= 0.3 is 0 Å². The van der Waals surface area contributed by atoms with E-state index in [1.807, 2.05) is 25.1 Å². The number of thioether (sulfide) groups is 1. The second kappa shape index (κ2) is 10.2. The Bertz CT molecular complexity index is 1170. The molecule has 0 bridgehead atoms. The van der Waals surface area contributed by atoms with Gasteiger partial charge in [0.15, 0.2) is 5.13 Å². The van der Waals surface area contributed by atoms with Crippen LogP contribution in [0.2, 0.25) is 0 Å². The fourth-order valence-corrected chi connectivity index (χ4v) is 5.34. The zero-order valence-corrected chi connectivity index (χ0v) is 19.7. The van der Waals surface area contributed by atoms with E-state index in [4.69, 9.17) is 4.98 Å². The molecule has 0 atom stereocenters. The zero-order valence-electron chi connectivity index (χ0n) is 18.0. The molecule has 0 saturated carbocycles. The zero-order chi connectivity index (χ0) is 22.5. The van der Waals surface area contributed by atoms with Gasteiger partial charge in [0.1, 0.15) is 5.82 Å². The van der Waals surface area contributed by atoms with Gasteiger partial charge in [0.2, 0.25) is 5.91 Å². The Morgan fingerprint density at radius 2 is 1.84 bits per heavy atom. The number of aryl methyl sites for hydroxylation is 2. The summed E-state index contributed by atoms with van der Waals surface area (Å²) in [5, 5.41) is 0.708. The van der Waals surface area contributed by atoms with E-state index in [2.05, 4.69) is 24.0 Å². The van der Waals surface area contributed by atoms with Gasteiger partial charge in [-0.15, -0.1) is 11.8 Å². The van der Waals surface area contributed by atoms with Gasteiger partial charge in [-0.25, -0.2) is 9.37 Å². The molecule has 0 radical (unpaired) electrons. The molecule has 4 nitrogen and oxygen atoms in total. The lowest BCUT2D eigenvalue weighted by molar-refractivity contribution is -0.118. The molecule has 0 fully saturated rings. The molecule has 164 valence electrons. The number of rotatable bonds is 8. The molecule has 4 aromatic rings. The van der Waals surface area contributed by atoms with Crippen LogP contribution in [0.5, 0.6) is 0 Å². The minimum atomic E-state index is -0.240. The van der Waals surface area contributed by atoms with Gasteiger partial charge in [-0.3, -0.25) is 14.7 Å². The highest BCUT2D eigenvalue weighted by atomic mass is 32.2. The van der Waals surface area contributed by atoms with Crippen molar-refractivity contribution >= 4 is 44.4 Å². The van der Waals surface area contributed by atoms with Crippen molar-refractivity contribution in [3.05, 3.63) is 83.4 Å². The normalized spacial score (nSPS) is 11.1. The standard InChI is InChI=1S/C25H24FN3OS2/c1-17-8-9-18(2)24-23(17)28-25(32-24)29(16-20-6-3-4-14-27-20)22(30)7-5-15-31-21-12-10-19(26)11-13-21/h3-4,6,8-14H,5,7,15-16H2,1-2H3. The largest absolute Gasteiger partial charge is 0.282 e. The number of thiazole rings is 1. The van der Waals surface area contributed by atoms with Crippen molar-refractivity contribution < 1.29 is 9.18 Å². The van der Waals surface area contributed by atoms with Gasteiger partial charge < -0.3 is 0 Å². The van der Waals surface area contributed by atoms with Gasteiger partial charge in [-0.2, -0.15) is 0 Å². The van der Waals surface area contributed by atoms with Crippen LogP contribution in [-0.2, 0) is 11.3 Å². The van der Waals surface area contributed by atoms with Gasteiger partial charge in [-0.1, -0.05) is 29.5 Å². The van der Waals surface area contributed by atoms with Gasteiger partial charge in [0.25, 0.3) is 0 Å². The van der Waals surface area contributed by atoms with Crippen molar-refractivity contribution in [3.63, 3.8) is 0 Å². The maximum absolute atomic E-state index is 13.3. The summed E-state index contributed by atoms with van der Waals surface area (Å²) >= 11 is 3.18. The van der Waals surface area contributed by atoms with E-state index in [9.17, 15) is 9.18 Å². The number of anilines is 1. The molecule has 32 heavy (non-hydrogen) atoms. The molecular formula is C25H24FN3OS2. The molecule has 0 unspecified atom stereocenters. The predicted molar refractivity (Wildman–Crippen MR) is 131 cm³/mol. The number of benzene rings is 2. The van der Waals surface area contributed by atoms with Crippen LogP contribution in [0.15, 0.2) is 65.7 Å². The maximum atomic E-state index is 13.3. The summed E-state index contributed by atoms with van der Waals surface area (Å²) in [5.41, 5.74) is 4.05. The van der Waals surface area contributed by atoms with Crippen molar-refractivity contribution in [1.82, 2.24) is 9.97 Å². The minimum Gasteiger partial charge on any atom is -0.282 e. The van der Waals surface area contributed by atoms with E-state index >= 15 is 0 Å². The molecule has 0 N–H and O–H groups in total. The Kier molecular flexibility index (Phi) is 7.17. The van der Waals surface area contributed by atoms with E-state index in [1.165, 1.54) is 12.1 Å². The summed E-state index contributed by atoms with van der Waals surface area (Å²) in [6.45, 7) is 4.51. The van der Waals surface area contributed by atoms with Gasteiger partial charge in [-0.05, 0) is 73.5 Å². The lowest BCUT2D eigenvalue weighted by Crippen LogP contribution is -2.30. The summed E-state index contributed by atoms with van der Waals surface area (Å²) < 4.78 is 14.2. The molecule has 7 heteroatoms. The van der Waals surface area contributed by atoms with Crippen LogP contribution in [0.3, 0.4) is 0 Å². The summed E-state index contributed by atoms with van der Waals surface area (Å²) in [4.78, 5) is 25.3. The quantitative estimate of drug-likeness (QED) is 0.219. The van der Waals surface area contributed by atoms with Crippen molar-refractivity contribution in [2.24, 2.45) is 0 Å². The van der Waals surface area contributed by atoms with Crippen molar-refractivity contribution in [2.75, 3.05) is 10.7 Å². The fraction of sp³-hybridized carbons (Fsp3) is 0.240. The predicted octanol–water partition coefficient (Wildman–Crippen LogP) is 6.55. The third-order valence-corrected chi connectivity index (χ3v) is 7.44. The topological polar surface area (TPSA) is 46.1 Å². The van der Waals surface area contributed by atoms with Crippen LogP contribution in [-0.4, -0.2) is 21.6 Å². The number of halogens is 1. The number of carbonyl (C=O) groups excluding carboxylic acids is 1. The Hall–Kier alpha value is -2.77. The third kappa shape index (κ3) is 5.34. The average molecular weight is 466 g/mol. The lowest BCUT2D eigenvalue weighted by Gasteiger charge is -2.19. The molecule has 4 rings (SSSR count). The van der Waals surface area contributed by atoms with Crippen molar-refractivity contribution in [3.8, 4) is 0 Å². The number of fused-ring (bicyclic) bond motifs is 1. The molecule has 0 saturated heterocycles. The van der Waals surface area contributed by atoms with Crippen LogP contribution in [0.4, 0.5) is 9.52 Å². The second-order valence-corrected chi connectivity index (χ2v) is 9.73. The third-order valence-electron chi connectivity index (χ3n) is 5.13. The summed E-state index contributed by atoms with van der Waals surface area (Å²) in [6.07, 6.45) is 2.88. The SMILES string of the molecule is Cc1ccc(C)c2sc(N(Cc3ccccn3)C(=O)CCCSc3ccc(F)cc3)nc12. The first-order chi connectivity index (χ1) is 15.5. The molecule has 0 aliphatic rings. The maximum Gasteiger partial charge on any atom is 0.229 e. The summed E-state index contributed by atoms with van der Waals surface area (Å²) in [5.74, 6) is 0.577. The molecular weight excluding hydrogens is 441 g/mol. The second-order valence-electron chi connectivity index (χ2n) is 7.58. The van der Waals surface area contributed by atoms with Crippen LogP contribution in [0.25, 0.3) is 10.2 Å². The van der Waals surface area contributed by atoms with Crippen LogP contribution in [0.1, 0.15) is 29.7 Å². The number of hydrogen-bond acceptors (Lipinski definition) is 5. The van der Waals surface area contributed by atoms with Gasteiger partial charge in [0, 0.05) is 17.5 Å². The lowest BCUT2D eigenvalue weighted by atomic mass is 10.1. The average Bonchev–Trinajstić information content (AvgIpc) is 3.26. The number of amides is 1. The molecule has 0 aliphatic heterocycles. The number of aromatic nitrogens is 2. The molecule has 0 spiro atoms. The smallest absolute Gasteiger partial charge is 0.229 e. The summed E-state index contributed by atoms with van der Waals surface area (Å²) in [6, 6.07) is 16.3. The summed E-state index contributed by atoms with van der Waals surface area (Å²) in [7, 11) is 0.